The molecule has 3 aromatic carbocycles. The first kappa shape index (κ1) is 25.2. The van der Waals surface area contributed by atoms with Gasteiger partial charge < -0.3 is 15.4 Å². The number of hydrogen-bond donors (Lipinski definition) is 2. The Morgan fingerprint density at radius 1 is 1.03 bits per heavy atom. The number of ether oxygens (including phenoxy) is 1. The fourth-order valence-electron chi connectivity index (χ4n) is 3.25. The SMILES string of the molecule is COc1ccc([C@@H](C)NC(=O)c2cc(NCc3ccc(F)cc3)cc(S(=O)(=O)N(C)C)c2)cc1. The third-order valence-corrected chi connectivity index (χ3v) is 7.11. The number of amides is 1. The summed E-state index contributed by atoms with van der Waals surface area (Å²) in [5, 5.41) is 6.03. The zero-order chi connectivity index (χ0) is 24.9. The van der Waals surface area contributed by atoms with Crippen LogP contribution in [-0.2, 0) is 16.6 Å². The van der Waals surface area contributed by atoms with Crippen molar-refractivity contribution in [2.75, 3.05) is 26.5 Å². The fourth-order valence-corrected chi connectivity index (χ4v) is 4.23. The number of benzene rings is 3. The maximum absolute atomic E-state index is 13.2. The van der Waals surface area contributed by atoms with Crippen LogP contribution in [0.5, 0.6) is 5.75 Å². The maximum atomic E-state index is 13.2. The molecule has 9 heteroatoms. The number of nitrogens with zero attached hydrogens (tertiary/aromatic N) is 1. The van der Waals surface area contributed by atoms with E-state index in [1.165, 1.54) is 38.4 Å². The average molecular weight is 486 g/mol. The second-order valence-electron chi connectivity index (χ2n) is 7.98. The molecule has 0 heterocycles. The maximum Gasteiger partial charge on any atom is 0.251 e. The lowest BCUT2D eigenvalue weighted by molar-refractivity contribution is 0.0939. The van der Waals surface area contributed by atoms with Crippen molar-refractivity contribution < 1.29 is 22.3 Å². The number of halogens is 1. The van der Waals surface area contributed by atoms with E-state index in [0.29, 0.717) is 18.0 Å². The van der Waals surface area contributed by atoms with E-state index < -0.39 is 15.9 Å². The van der Waals surface area contributed by atoms with Crippen molar-refractivity contribution in [3.63, 3.8) is 0 Å². The van der Waals surface area contributed by atoms with E-state index in [1.54, 1.807) is 37.4 Å². The smallest absolute Gasteiger partial charge is 0.251 e. The van der Waals surface area contributed by atoms with Crippen molar-refractivity contribution in [1.82, 2.24) is 9.62 Å². The van der Waals surface area contributed by atoms with Gasteiger partial charge in [-0.25, -0.2) is 17.1 Å². The summed E-state index contributed by atoms with van der Waals surface area (Å²) in [4.78, 5) is 13.0. The number of anilines is 1. The van der Waals surface area contributed by atoms with Crippen molar-refractivity contribution in [1.29, 1.82) is 0 Å². The standard InChI is InChI=1S/C25H28FN3O4S/c1-17(19-7-11-23(33-4)12-8-19)28-25(30)20-13-22(15-24(14-20)34(31,32)29(2)3)27-16-18-5-9-21(26)10-6-18/h5-15,17,27H,16H2,1-4H3,(H,28,30)/t17-/m1/s1. The lowest BCUT2D eigenvalue weighted by Gasteiger charge is -2.18. The molecular weight excluding hydrogens is 457 g/mol. The number of nitrogens with one attached hydrogen (secondary N) is 2. The Hall–Kier alpha value is -3.43. The number of carbonyl (C=O) groups is 1. The average Bonchev–Trinajstić information content (AvgIpc) is 2.83. The summed E-state index contributed by atoms with van der Waals surface area (Å²) in [7, 11) is 0.658. The molecule has 0 saturated carbocycles. The van der Waals surface area contributed by atoms with Crippen LogP contribution >= 0.6 is 0 Å². The molecule has 0 aliphatic rings. The van der Waals surface area contributed by atoms with Gasteiger partial charge in [0.2, 0.25) is 10.0 Å². The third-order valence-electron chi connectivity index (χ3n) is 5.32. The van der Waals surface area contributed by atoms with Crippen molar-refractivity contribution in [3.05, 3.63) is 89.2 Å². The predicted molar refractivity (Wildman–Crippen MR) is 130 cm³/mol. The monoisotopic (exact) mass is 485 g/mol. The molecule has 1 amide bonds. The van der Waals surface area contributed by atoms with E-state index in [0.717, 1.165) is 15.4 Å². The highest BCUT2D eigenvalue weighted by Gasteiger charge is 2.21. The van der Waals surface area contributed by atoms with Crippen LogP contribution < -0.4 is 15.4 Å². The molecule has 7 nitrogen and oxygen atoms in total. The van der Waals surface area contributed by atoms with E-state index in [9.17, 15) is 17.6 Å². The molecule has 0 radical (unpaired) electrons. The molecule has 0 saturated heterocycles. The Bertz CT molecular complexity index is 1240. The van der Waals surface area contributed by atoms with Gasteiger partial charge in [-0.15, -0.1) is 0 Å². The zero-order valence-electron chi connectivity index (χ0n) is 19.5. The first-order valence-electron chi connectivity index (χ1n) is 10.6. The zero-order valence-corrected chi connectivity index (χ0v) is 20.3. The molecule has 2 N–H and O–H groups in total. The second-order valence-corrected chi connectivity index (χ2v) is 10.1. The van der Waals surface area contributed by atoms with E-state index in [4.69, 9.17) is 4.74 Å². The van der Waals surface area contributed by atoms with Gasteiger partial charge in [-0.1, -0.05) is 24.3 Å². The lowest BCUT2D eigenvalue weighted by atomic mass is 10.1. The number of carbonyl (C=O) groups excluding carboxylic acids is 1. The summed E-state index contributed by atoms with van der Waals surface area (Å²) in [6, 6.07) is 17.4. The summed E-state index contributed by atoms with van der Waals surface area (Å²) in [5.74, 6) is -0.0440. The van der Waals surface area contributed by atoms with Crippen LogP contribution in [0.15, 0.2) is 71.6 Å². The molecule has 0 aliphatic carbocycles. The molecule has 180 valence electrons. The van der Waals surface area contributed by atoms with E-state index >= 15 is 0 Å². The molecule has 0 unspecified atom stereocenters. The first-order valence-corrected chi connectivity index (χ1v) is 12.0. The fraction of sp³-hybridized carbons (Fsp3) is 0.240. The van der Waals surface area contributed by atoms with Gasteiger partial charge in [0, 0.05) is 31.9 Å². The summed E-state index contributed by atoms with van der Waals surface area (Å²) >= 11 is 0. The molecule has 0 spiro atoms. The predicted octanol–water partition coefficient (Wildman–Crippen LogP) is 4.19. The normalized spacial score (nSPS) is 12.3. The van der Waals surface area contributed by atoms with E-state index in [-0.39, 0.29) is 22.3 Å². The minimum absolute atomic E-state index is 0.0103. The van der Waals surface area contributed by atoms with Gasteiger partial charge in [-0.3, -0.25) is 4.79 Å². The molecule has 3 aromatic rings. The number of sulfonamides is 1. The quantitative estimate of drug-likeness (QED) is 0.475. The highest BCUT2D eigenvalue weighted by Crippen LogP contribution is 2.23. The topological polar surface area (TPSA) is 87.7 Å². The van der Waals surface area contributed by atoms with Crippen LogP contribution in [0.25, 0.3) is 0 Å². The Balaban J connectivity index is 1.87. The Labute approximate surface area is 199 Å². The van der Waals surface area contributed by atoms with Gasteiger partial charge in [-0.2, -0.15) is 0 Å². The van der Waals surface area contributed by atoms with Gasteiger partial charge >= 0.3 is 0 Å². The largest absolute Gasteiger partial charge is 0.497 e. The summed E-state index contributed by atoms with van der Waals surface area (Å²) in [6.07, 6.45) is 0. The van der Waals surface area contributed by atoms with Crippen LogP contribution in [0.3, 0.4) is 0 Å². The highest BCUT2D eigenvalue weighted by atomic mass is 32.2. The van der Waals surface area contributed by atoms with Crippen molar-refractivity contribution in [2.45, 2.75) is 24.4 Å². The van der Waals surface area contributed by atoms with Crippen molar-refractivity contribution in [2.24, 2.45) is 0 Å². The Morgan fingerprint density at radius 3 is 2.26 bits per heavy atom. The third kappa shape index (κ3) is 6.12. The highest BCUT2D eigenvalue weighted by molar-refractivity contribution is 7.89. The number of hydrogen-bond acceptors (Lipinski definition) is 5. The van der Waals surface area contributed by atoms with Crippen molar-refractivity contribution in [3.8, 4) is 5.75 Å². The van der Waals surface area contributed by atoms with Gasteiger partial charge in [0.05, 0.1) is 18.0 Å². The van der Waals surface area contributed by atoms with E-state index in [1.807, 2.05) is 19.1 Å². The Morgan fingerprint density at radius 2 is 1.68 bits per heavy atom. The van der Waals surface area contributed by atoms with Crippen LogP contribution in [0.4, 0.5) is 10.1 Å². The minimum atomic E-state index is -3.78. The van der Waals surface area contributed by atoms with Gasteiger partial charge in [0.15, 0.2) is 0 Å². The minimum Gasteiger partial charge on any atom is -0.497 e. The lowest BCUT2D eigenvalue weighted by Crippen LogP contribution is -2.27. The molecule has 0 aliphatic heterocycles. The van der Waals surface area contributed by atoms with Gasteiger partial charge in [0.25, 0.3) is 5.91 Å². The van der Waals surface area contributed by atoms with Gasteiger partial charge in [0.1, 0.15) is 11.6 Å². The summed E-state index contributed by atoms with van der Waals surface area (Å²) in [6.45, 7) is 2.17. The molecule has 0 aromatic heterocycles. The molecular formula is C25H28FN3O4S. The summed E-state index contributed by atoms with van der Waals surface area (Å²) in [5.41, 5.74) is 2.33. The van der Waals surface area contributed by atoms with Crippen LogP contribution in [0, 0.1) is 5.82 Å². The molecule has 3 rings (SSSR count). The number of rotatable bonds is 9. The number of methoxy groups -OCH3 is 1. The molecule has 34 heavy (non-hydrogen) atoms. The molecule has 0 bridgehead atoms. The Kier molecular flexibility index (Phi) is 7.90. The van der Waals surface area contributed by atoms with Crippen LogP contribution in [0.1, 0.15) is 34.5 Å². The summed E-state index contributed by atoms with van der Waals surface area (Å²) < 4.78 is 45.0. The van der Waals surface area contributed by atoms with Crippen molar-refractivity contribution >= 4 is 21.6 Å². The van der Waals surface area contributed by atoms with Crippen LogP contribution in [0.2, 0.25) is 0 Å². The van der Waals surface area contributed by atoms with Crippen LogP contribution in [-0.4, -0.2) is 39.8 Å². The second kappa shape index (κ2) is 10.7. The van der Waals surface area contributed by atoms with E-state index in [2.05, 4.69) is 10.6 Å². The van der Waals surface area contributed by atoms with Gasteiger partial charge in [-0.05, 0) is 60.5 Å². The molecule has 1 atom stereocenters. The molecule has 0 fully saturated rings. The first-order chi connectivity index (χ1) is 16.1.